The van der Waals surface area contributed by atoms with Gasteiger partial charge in [-0.3, -0.25) is 19.3 Å². The molecule has 10 heteroatoms. The van der Waals surface area contributed by atoms with Gasteiger partial charge < -0.3 is 14.4 Å². The van der Waals surface area contributed by atoms with E-state index in [1.807, 2.05) is 0 Å². The van der Waals surface area contributed by atoms with Gasteiger partial charge in [-0.25, -0.2) is 14.4 Å². The molecule has 1 aliphatic rings. The summed E-state index contributed by atoms with van der Waals surface area (Å²) in [6, 6.07) is -0.494. The van der Waals surface area contributed by atoms with Gasteiger partial charge in [0.25, 0.3) is 5.91 Å². The monoisotopic (exact) mass is 412 g/mol. The molecule has 0 bridgehead atoms. The summed E-state index contributed by atoms with van der Waals surface area (Å²) >= 11 is 0. The Balaban J connectivity index is 2.52. The Hall–Kier alpha value is -2.78. The second-order valence-electron chi connectivity index (χ2n) is 6.98. The van der Waals surface area contributed by atoms with Gasteiger partial charge in [0, 0.05) is 25.9 Å². The van der Waals surface area contributed by atoms with Crippen LogP contribution in [0.15, 0.2) is 0 Å². The number of hydrogen-bond acceptors (Lipinski definition) is 8. The summed E-state index contributed by atoms with van der Waals surface area (Å²) in [5.74, 6) is -3.48. The minimum Gasteiger partial charge on any atom is -0.460 e. The van der Waals surface area contributed by atoms with Crippen LogP contribution in [-0.4, -0.2) is 77.1 Å². The van der Waals surface area contributed by atoms with Crippen LogP contribution < -0.4 is 0 Å². The van der Waals surface area contributed by atoms with Crippen molar-refractivity contribution in [1.29, 1.82) is 0 Å². The summed E-state index contributed by atoms with van der Waals surface area (Å²) < 4.78 is 9.65. The van der Waals surface area contributed by atoms with Crippen LogP contribution in [0.2, 0.25) is 0 Å². The number of esters is 2. The van der Waals surface area contributed by atoms with Crippen molar-refractivity contribution >= 4 is 35.4 Å². The first-order valence-corrected chi connectivity index (χ1v) is 9.61. The largest absolute Gasteiger partial charge is 0.460 e. The number of ether oxygens (including phenoxy) is 2. The molecule has 1 rings (SSSR count). The van der Waals surface area contributed by atoms with Crippen LogP contribution >= 0.6 is 0 Å². The zero-order valence-electron chi connectivity index (χ0n) is 17.3. The number of carbonyl (C=O) groups is 6. The molecule has 0 aromatic carbocycles. The molecular weight excluding hydrogens is 384 g/mol. The highest BCUT2D eigenvalue weighted by Crippen LogP contribution is 2.27. The number of urea groups is 1. The van der Waals surface area contributed by atoms with Crippen molar-refractivity contribution in [3.8, 4) is 0 Å². The van der Waals surface area contributed by atoms with Crippen molar-refractivity contribution in [1.82, 2.24) is 9.80 Å². The van der Waals surface area contributed by atoms with E-state index in [2.05, 4.69) is 0 Å². The van der Waals surface area contributed by atoms with Gasteiger partial charge >= 0.3 is 18.0 Å². The van der Waals surface area contributed by atoms with Gasteiger partial charge in [-0.05, 0) is 26.7 Å². The van der Waals surface area contributed by atoms with Crippen LogP contribution in [0.4, 0.5) is 4.79 Å². The summed E-state index contributed by atoms with van der Waals surface area (Å²) in [6.07, 6.45) is 0.589. The molecule has 29 heavy (non-hydrogen) atoms. The fraction of sp³-hybridized carbons (Fsp3) is 0.684. The highest BCUT2D eigenvalue weighted by Gasteiger charge is 2.50. The van der Waals surface area contributed by atoms with Crippen LogP contribution in [0.5, 0.6) is 0 Å². The topological polar surface area (TPSA) is 127 Å². The average molecular weight is 412 g/mol. The van der Waals surface area contributed by atoms with Gasteiger partial charge in [-0.2, -0.15) is 0 Å². The van der Waals surface area contributed by atoms with E-state index in [9.17, 15) is 28.8 Å². The van der Waals surface area contributed by atoms with Gasteiger partial charge in [0.2, 0.25) is 11.6 Å². The lowest BCUT2D eigenvalue weighted by Crippen LogP contribution is -2.44. The molecule has 0 aliphatic carbocycles. The number of ketones is 2. The van der Waals surface area contributed by atoms with Crippen molar-refractivity contribution in [2.24, 2.45) is 0 Å². The number of rotatable bonds is 12. The fourth-order valence-corrected chi connectivity index (χ4v) is 2.71. The molecule has 0 N–H and O–H groups in total. The Morgan fingerprint density at radius 2 is 1.28 bits per heavy atom. The molecule has 1 heterocycles. The van der Waals surface area contributed by atoms with E-state index < -0.39 is 41.0 Å². The molecule has 0 aromatic heterocycles. The number of nitrogens with zero attached hydrogens (tertiary/aromatic N) is 2. The van der Waals surface area contributed by atoms with Crippen LogP contribution in [0, 0.1) is 0 Å². The number of carbonyl (C=O) groups excluding carboxylic acids is 6. The predicted octanol–water partition coefficient (Wildman–Crippen LogP) is 0.854. The SMILES string of the molecule is CCC(=O)C(=O)OCCCN1C(=O)N(CCCOC(=O)C(=O)CC)C(C)(C)C1=O. The van der Waals surface area contributed by atoms with E-state index in [0.717, 1.165) is 4.90 Å². The minimum absolute atomic E-state index is 0.0416. The molecule has 1 saturated heterocycles. The first-order valence-electron chi connectivity index (χ1n) is 9.61. The molecule has 3 amide bonds. The summed E-state index contributed by atoms with van der Waals surface area (Å²) in [5.41, 5.74) is -1.07. The second kappa shape index (κ2) is 10.7. The minimum atomic E-state index is -1.07. The standard InChI is InChI=1S/C19H28N2O8/c1-5-13(22)15(24)28-11-7-9-20-17(26)19(3,4)21(18(20)27)10-8-12-29-16(25)14(23)6-2/h5-12H2,1-4H3. The Morgan fingerprint density at radius 1 is 0.828 bits per heavy atom. The summed E-state index contributed by atoms with van der Waals surface area (Å²) in [6.45, 7) is 6.41. The lowest BCUT2D eigenvalue weighted by atomic mass is 10.0. The predicted molar refractivity (Wildman–Crippen MR) is 99.6 cm³/mol. The Morgan fingerprint density at radius 3 is 1.72 bits per heavy atom. The first kappa shape index (κ1) is 24.3. The summed E-state index contributed by atoms with van der Waals surface area (Å²) in [7, 11) is 0. The Kier molecular flexibility index (Phi) is 8.93. The molecule has 0 saturated carbocycles. The van der Waals surface area contributed by atoms with E-state index in [1.165, 1.54) is 4.90 Å². The van der Waals surface area contributed by atoms with Crippen molar-refractivity contribution in [2.75, 3.05) is 26.3 Å². The first-order chi connectivity index (χ1) is 13.6. The van der Waals surface area contributed by atoms with Gasteiger partial charge in [0.15, 0.2) is 0 Å². The van der Waals surface area contributed by atoms with E-state index in [-0.39, 0.29) is 52.0 Å². The molecule has 1 fully saturated rings. The zero-order chi connectivity index (χ0) is 22.2. The molecule has 162 valence electrons. The van der Waals surface area contributed by atoms with Crippen molar-refractivity contribution in [2.45, 2.75) is 58.9 Å². The molecule has 0 aromatic rings. The fourth-order valence-electron chi connectivity index (χ4n) is 2.71. The maximum Gasteiger partial charge on any atom is 0.374 e. The summed E-state index contributed by atoms with van der Waals surface area (Å²) in [5, 5.41) is 0. The van der Waals surface area contributed by atoms with E-state index in [4.69, 9.17) is 9.47 Å². The molecule has 10 nitrogen and oxygen atoms in total. The van der Waals surface area contributed by atoms with Crippen molar-refractivity contribution < 1.29 is 38.2 Å². The van der Waals surface area contributed by atoms with E-state index >= 15 is 0 Å². The highest BCUT2D eigenvalue weighted by atomic mass is 16.5. The average Bonchev–Trinajstić information content (AvgIpc) is 2.85. The quantitative estimate of drug-likeness (QED) is 0.200. The maximum absolute atomic E-state index is 12.6. The molecule has 0 unspecified atom stereocenters. The van der Waals surface area contributed by atoms with E-state index in [1.54, 1.807) is 27.7 Å². The lowest BCUT2D eigenvalue weighted by molar-refractivity contribution is -0.154. The van der Waals surface area contributed by atoms with Crippen molar-refractivity contribution in [3.63, 3.8) is 0 Å². The Bertz CT molecular complexity index is 686. The van der Waals surface area contributed by atoms with Crippen LogP contribution in [0.25, 0.3) is 0 Å². The lowest BCUT2D eigenvalue weighted by Gasteiger charge is -2.27. The van der Waals surface area contributed by atoms with Gasteiger partial charge in [0.1, 0.15) is 5.54 Å². The molecule has 0 atom stereocenters. The zero-order valence-corrected chi connectivity index (χ0v) is 17.3. The number of Topliss-reactive ketones (excluding diaryl/α,β-unsaturated/α-hetero) is 2. The highest BCUT2D eigenvalue weighted by molar-refractivity contribution is 6.33. The number of amides is 3. The Labute approximate surface area is 169 Å². The molecule has 0 radical (unpaired) electrons. The van der Waals surface area contributed by atoms with Crippen LogP contribution in [0.3, 0.4) is 0 Å². The second-order valence-corrected chi connectivity index (χ2v) is 6.98. The normalized spacial score (nSPS) is 15.4. The van der Waals surface area contributed by atoms with Crippen LogP contribution in [-0.2, 0) is 33.4 Å². The molecule has 1 aliphatic heterocycles. The van der Waals surface area contributed by atoms with E-state index in [0.29, 0.717) is 0 Å². The third-order valence-electron chi connectivity index (χ3n) is 4.52. The number of imide groups is 1. The van der Waals surface area contributed by atoms with Gasteiger partial charge in [0.05, 0.1) is 13.2 Å². The van der Waals surface area contributed by atoms with Crippen LogP contribution in [0.1, 0.15) is 53.4 Å². The van der Waals surface area contributed by atoms with Crippen molar-refractivity contribution in [3.05, 3.63) is 0 Å². The third-order valence-corrected chi connectivity index (χ3v) is 4.52. The maximum atomic E-state index is 12.6. The third kappa shape index (κ3) is 6.10. The number of hydrogen-bond donors (Lipinski definition) is 0. The van der Waals surface area contributed by atoms with Gasteiger partial charge in [-0.15, -0.1) is 0 Å². The summed E-state index contributed by atoms with van der Waals surface area (Å²) in [4.78, 5) is 72.6. The van der Waals surface area contributed by atoms with Gasteiger partial charge in [-0.1, -0.05) is 13.8 Å². The molecular formula is C19H28N2O8. The molecule has 0 spiro atoms. The smallest absolute Gasteiger partial charge is 0.374 e.